The molecule has 0 spiro atoms. The fourth-order valence-electron chi connectivity index (χ4n) is 3.08. The molecule has 0 radical (unpaired) electrons. The summed E-state index contributed by atoms with van der Waals surface area (Å²) in [6, 6.07) is 4.09. The summed E-state index contributed by atoms with van der Waals surface area (Å²) in [5, 5.41) is 7.30. The third kappa shape index (κ3) is 2.45. The van der Waals surface area contributed by atoms with Crippen LogP contribution >= 0.6 is 11.3 Å². The molecule has 0 saturated carbocycles. The molecule has 23 heavy (non-hydrogen) atoms. The van der Waals surface area contributed by atoms with Crippen molar-refractivity contribution in [3.63, 3.8) is 0 Å². The van der Waals surface area contributed by atoms with Crippen LogP contribution in [-0.2, 0) is 0 Å². The summed E-state index contributed by atoms with van der Waals surface area (Å²) >= 11 is 1.69. The molecule has 2 N–H and O–H groups in total. The lowest BCUT2D eigenvalue weighted by Gasteiger charge is -2.28. The number of rotatable bonds is 3. The Balaban J connectivity index is 1.96. The molecular weight excluding hydrogens is 308 g/mol. The van der Waals surface area contributed by atoms with Gasteiger partial charge in [0, 0.05) is 32.6 Å². The monoisotopic (exact) mass is 328 g/mol. The first kappa shape index (κ1) is 14.4. The number of aromatic nitrogens is 3. The third-order valence-corrected chi connectivity index (χ3v) is 5.38. The predicted molar refractivity (Wildman–Crippen MR) is 97.9 cm³/mol. The number of pyridine rings is 1. The predicted octanol–water partition coefficient (Wildman–Crippen LogP) is 3.31. The maximum Gasteiger partial charge on any atom is 0.225 e. The molecule has 4 rings (SSSR count). The number of nitrogens with zero attached hydrogens (tertiary/aromatic N) is 4. The van der Waals surface area contributed by atoms with Crippen molar-refractivity contribution in [2.24, 2.45) is 0 Å². The van der Waals surface area contributed by atoms with E-state index in [-0.39, 0.29) is 0 Å². The highest BCUT2D eigenvalue weighted by Crippen LogP contribution is 2.38. The lowest BCUT2D eigenvalue weighted by Crippen LogP contribution is -2.30. The number of piperidine rings is 1. The summed E-state index contributed by atoms with van der Waals surface area (Å²) in [7, 11) is 3.76. The Morgan fingerprint density at radius 2 is 1.83 bits per heavy atom. The quantitative estimate of drug-likeness (QED) is 0.769. The molecule has 0 aliphatic carbocycles. The summed E-state index contributed by atoms with van der Waals surface area (Å²) in [6.07, 6.45) is 3.77. The summed E-state index contributed by atoms with van der Waals surface area (Å²) in [6.45, 7) is 2.14. The molecule has 3 aromatic heterocycles. The second-order valence-corrected chi connectivity index (χ2v) is 6.75. The van der Waals surface area contributed by atoms with E-state index in [1.54, 1.807) is 11.3 Å². The molecule has 0 aromatic carbocycles. The van der Waals surface area contributed by atoms with Gasteiger partial charge in [-0.1, -0.05) is 0 Å². The number of nitrogens with one attached hydrogen (secondary N) is 2. The van der Waals surface area contributed by atoms with Crippen LogP contribution in [0, 0.1) is 0 Å². The molecule has 120 valence electrons. The molecule has 3 aromatic rings. The third-order valence-electron chi connectivity index (χ3n) is 4.30. The van der Waals surface area contributed by atoms with E-state index in [9.17, 15) is 0 Å². The lowest BCUT2D eigenvalue weighted by molar-refractivity contribution is 0.575. The van der Waals surface area contributed by atoms with Gasteiger partial charge >= 0.3 is 0 Å². The zero-order valence-corrected chi connectivity index (χ0v) is 14.2. The van der Waals surface area contributed by atoms with Gasteiger partial charge in [-0.15, -0.1) is 11.3 Å². The Labute approximate surface area is 139 Å². The maximum atomic E-state index is 4.75. The molecule has 6 nitrogen and oxygen atoms in total. The van der Waals surface area contributed by atoms with Crippen LogP contribution in [0.15, 0.2) is 12.1 Å². The van der Waals surface area contributed by atoms with Gasteiger partial charge in [0.15, 0.2) is 5.82 Å². The van der Waals surface area contributed by atoms with Gasteiger partial charge in [-0.25, -0.2) is 9.97 Å². The fraction of sp³-hybridized carbons (Fsp3) is 0.438. The molecule has 1 fully saturated rings. The van der Waals surface area contributed by atoms with Crippen molar-refractivity contribution in [3.8, 4) is 0 Å². The van der Waals surface area contributed by atoms with E-state index < -0.39 is 0 Å². The smallest absolute Gasteiger partial charge is 0.225 e. The summed E-state index contributed by atoms with van der Waals surface area (Å²) in [5.41, 5.74) is 1.00. The van der Waals surface area contributed by atoms with Crippen LogP contribution < -0.4 is 15.5 Å². The van der Waals surface area contributed by atoms with Crippen LogP contribution in [0.1, 0.15) is 19.3 Å². The van der Waals surface area contributed by atoms with Gasteiger partial charge in [0.2, 0.25) is 5.95 Å². The first-order valence-electron chi connectivity index (χ1n) is 8.02. The molecule has 0 amide bonds. The Morgan fingerprint density at radius 3 is 2.57 bits per heavy atom. The van der Waals surface area contributed by atoms with Crippen LogP contribution in [0.3, 0.4) is 0 Å². The topological polar surface area (TPSA) is 66.0 Å². The molecule has 0 atom stereocenters. The number of hydrogen-bond acceptors (Lipinski definition) is 7. The van der Waals surface area contributed by atoms with Crippen LogP contribution in [-0.4, -0.2) is 42.1 Å². The van der Waals surface area contributed by atoms with Gasteiger partial charge < -0.3 is 15.5 Å². The first-order chi connectivity index (χ1) is 11.3. The minimum absolute atomic E-state index is 0.676. The highest BCUT2D eigenvalue weighted by Gasteiger charge is 2.20. The van der Waals surface area contributed by atoms with Crippen molar-refractivity contribution in [1.82, 2.24) is 15.0 Å². The Hall–Kier alpha value is -2.15. The van der Waals surface area contributed by atoms with E-state index >= 15 is 0 Å². The Morgan fingerprint density at radius 1 is 1.00 bits per heavy atom. The van der Waals surface area contributed by atoms with Crippen molar-refractivity contribution in [2.75, 3.05) is 42.7 Å². The summed E-state index contributed by atoms with van der Waals surface area (Å²) < 4.78 is 1.14. The minimum atomic E-state index is 0.676. The Kier molecular flexibility index (Phi) is 3.65. The van der Waals surface area contributed by atoms with Gasteiger partial charge in [0.05, 0.1) is 10.2 Å². The molecule has 4 heterocycles. The number of hydrogen-bond donors (Lipinski definition) is 2. The first-order valence-corrected chi connectivity index (χ1v) is 8.83. The highest BCUT2D eigenvalue weighted by atomic mass is 32.1. The second-order valence-electron chi connectivity index (χ2n) is 5.75. The van der Waals surface area contributed by atoms with E-state index in [2.05, 4.69) is 26.6 Å². The van der Waals surface area contributed by atoms with E-state index in [0.717, 1.165) is 45.2 Å². The van der Waals surface area contributed by atoms with E-state index in [1.165, 1.54) is 19.3 Å². The maximum absolute atomic E-state index is 4.75. The molecule has 1 aliphatic rings. The van der Waals surface area contributed by atoms with E-state index in [0.29, 0.717) is 5.95 Å². The zero-order chi connectivity index (χ0) is 15.8. The number of thiophene rings is 1. The number of fused-ring (bicyclic) bond motifs is 3. The zero-order valence-electron chi connectivity index (χ0n) is 13.4. The van der Waals surface area contributed by atoms with Crippen molar-refractivity contribution in [3.05, 3.63) is 12.1 Å². The molecule has 7 heteroatoms. The van der Waals surface area contributed by atoms with Crippen molar-refractivity contribution in [2.45, 2.75) is 19.3 Å². The van der Waals surface area contributed by atoms with Gasteiger partial charge in [0.25, 0.3) is 0 Å². The molecule has 0 unspecified atom stereocenters. The van der Waals surface area contributed by atoms with Gasteiger partial charge in [0.1, 0.15) is 10.6 Å². The SMILES string of the molecule is CNc1ccc2c(n1)sc1c(N3CCCCC3)nc(NC)nc12. The van der Waals surface area contributed by atoms with Crippen molar-refractivity contribution < 1.29 is 0 Å². The second kappa shape index (κ2) is 5.81. The van der Waals surface area contributed by atoms with E-state index in [1.807, 2.05) is 20.2 Å². The van der Waals surface area contributed by atoms with Gasteiger partial charge in [-0.2, -0.15) is 4.98 Å². The van der Waals surface area contributed by atoms with Gasteiger partial charge in [-0.05, 0) is 31.4 Å². The Bertz CT molecular complexity index is 853. The standard InChI is InChI=1S/C16H20N6S/c1-17-11-7-6-10-12-13(23-15(10)19-11)14(21-16(18-2)20-12)22-8-4-3-5-9-22/h6-7H,3-5,8-9H2,1-2H3,(H,17,19)(H,18,20,21). The molecular formula is C16H20N6S. The van der Waals surface area contributed by atoms with Crippen LogP contribution in [0.4, 0.5) is 17.6 Å². The van der Waals surface area contributed by atoms with Crippen LogP contribution in [0.5, 0.6) is 0 Å². The molecule has 1 aliphatic heterocycles. The van der Waals surface area contributed by atoms with Gasteiger partial charge in [-0.3, -0.25) is 0 Å². The largest absolute Gasteiger partial charge is 0.373 e. The minimum Gasteiger partial charge on any atom is -0.373 e. The number of anilines is 3. The normalized spacial score (nSPS) is 15.3. The summed E-state index contributed by atoms with van der Waals surface area (Å²) in [5.74, 6) is 2.61. The van der Waals surface area contributed by atoms with E-state index in [4.69, 9.17) is 9.97 Å². The molecule has 1 saturated heterocycles. The lowest BCUT2D eigenvalue weighted by atomic mass is 10.1. The average Bonchev–Trinajstić information content (AvgIpc) is 2.99. The molecule has 0 bridgehead atoms. The van der Waals surface area contributed by atoms with Crippen LogP contribution in [0.25, 0.3) is 20.4 Å². The van der Waals surface area contributed by atoms with Crippen molar-refractivity contribution >= 4 is 49.4 Å². The van der Waals surface area contributed by atoms with Crippen molar-refractivity contribution in [1.29, 1.82) is 0 Å². The fourth-order valence-corrected chi connectivity index (χ4v) is 4.21. The van der Waals surface area contributed by atoms with Crippen LogP contribution in [0.2, 0.25) is 0 Å². The average molecular weight is 328 g/mol. The highest BCUT2D eigenvalue weighted by molar-refractivity contribution is 7.26. The summed E-state index contributed by atoms with van der Waals surface area (Å²) in [4.78, 5) is 17.5.